The minimum absolute atomic E-state index is 0.111. The first-order valence-electron chi connectivity index (χ1n) is 18.0. The van der Waals surface area contributed by atoms with Gasteiger partial charge in [-0.25, -0.2) is 4.79 Å². The average Bonchev–Trinajstić information content (AvgIpc) is 3.08. The molecule has 2 aromatic carbocycles. The van der Waals surface area contributed by atoms with E-state index >= 15 is 0 Å². The summed E-state index contributed by atoms with van der Waals surface area (Å²) in [5.41, 5.74) is 3.64. The number of unbranched alkanes of at least 4 members (excludes halogenated alkanes) is 7. The van der Waals surface area contributed by atoms with Gasteiger partial charge in [0.1, 0.15) is 5.75 Å². The highest BCUT2D eigenvalue weighted by molar-refractivity contribution is 6.34. The number of halogens is 1. The molecule has 2 aromatic rings. The molecule has 2 heterocycles. The van der Waals surface area contributed by atoms with E-state index in [1.54, 1.807) is 13.0 Å². The number of rotatable bonds is 19. The summed E-state index contributed by atoms with van der Waals surface area (Å²) in [6, 6.07) is 11.8. The Morgan fingerprint density at radius 1 is 0.875 bits per heavy atom. The van der Waals surface area contributed by atoms with E-state index in [0.717, 1.165) is 86.7 Å². The van der Waals surface area contributed by atoms with E-state index < -0.39 is 18.2 Å². The van der Waals surface area contributed by atoms with Gasteiger partial charge in [0, 0.05) is 45.1 Å². The van der Waals surface area contributed by atoms with Crippen molar-refractivity contribution >= 4 is 40.8 Å². The molecule has 264 valence electrons. The first-order chi connectivity index (χ1) is 23.3. The van der Waals surface area contributed by atoms with Crippen molar-refractivity contribution < 1.29 is 28.6 Å². The van der Waals surface area contributed by atoms with Crippen molar-refractivity contribution in [2.45, 2.75) is 104 Å². The number of nitrogens with zero attached hydrogens (tertiary/aromatic N) is 3. The Hall–Kier alpha value is -3.30. The van der Waals surface area contributed by atoms with Crippen LogP contribution in [0.15, 0.2) is 36.4 Å². The maximum Gasteiger partial charge on any atom is 0.369 e. The van der Waals surface area contributed by atoms with Crippen LogP contribution in [-0.2, 0) is 30.3 Å². The molecule has 0 spiro atoms. The van der Waals surface area contributed by atoms with E-state index in [9.17, 15) is 14.4 Å². The predicted octanol–water partition coefficient (Wildman–Crippen LogP) is 7.48. The summed E-state index contributed by atoms with van der Waals surface area (Å²) in [6.45, 7) is 11.4. The number of carbonyl (C=O) groups is 3. The highest BCUT2D eigenvalue weighted by Gasteiger charge is 2.39. The molecule has 2 aliphatic rings. The third-order valence-electron chi connectivity index (χ3n) is 9.17. The Morgan fingerprint density at radius 2 is 1.62 bits per heavy atom. The molecule has 1 fully saturated rings. The standard InChI is InChI=1S/C38H54ClN3O6/c1-4-6-7-8-9-10-11-17-35(44)48-37(38(45)46-5-2)42-33-28-31(20-18-30(33)19-21-34(42)43)47-27-13-12-22-40-23-25-41(26-24-40)32-16-14-15-29(3)36(32)39/h14-16,18,20,28,37H,4-13,17,19,21-27H2,1-3H3. The first-order valence-corrected chi connectivity index (χ1v) is 18.4. The quantitative estimate of drug-likeness (QED) is 0.111. The summed E-state index contributed by atoms with van der Waals surface area (Å²) < 4.78 is 17.0. The topological polar surface area (TPSA) is 88.6 Å². The number of hydrogen-bond acceptors (Lipinski definition) is 8. The highest BCUT2D eigenvalue weighted by Crippen LogP contribution is 2.34. The molecule has 1 saturated heterocycles. The number of fused-ring (bicyclic) bond motifs is 1. The molecule has 0 saturated carbocycles. The van der Waals surface area contributed by atoms with Crippen molar-refractivity contribution in [3.05, 3.63) is 52.5 Å². The largest absolute Gasteiger partial charge is 0.494 e. The van der Waals surface area contributed by atoms with Gasteiger partial charge in [-0.3, -0.25) is 19.4 Å². The van der Waals surface area contributed by atoms with Gasteiger partial charge >= 0.3 is 11.9 Å². The van der Waals surface area contributed by atoms with Gasteiger partial charge in [0.2, 0.25) is 5.91 Å². The van der Waals surface area contributed by atoms with E-state index in [-0.39, 0.29) is 25.4 Å². The number of carbonyl (C=O) groups excluding carboxylic acids is 3. The van der Waals surface area contributed by atoms with E-state index in [1.807, 2.05) is 25.1 Å². The molecule has 10 heteroatoms. The van der Waals surface area contributed by atoms with Crippen LogP contribution in [-0.4, -0.2) is 74.9 Å². The molecular formula is C38H54ClN3O6. The number of esters is 2. The van der Waals surface area contributed by atoms with Gasteiger partial charge in [0.25, 0.3) is 6.23 Å². The lowest BCUT2D eigenvalue weighted by Gasteiger charge is -2.36. The van der Waals surface area contributed by atoms with Crippen LogP contribution < -0.4 is 14.5 Å². The minimum Gasteiger partial charge on any atom is -0.494 e. The van der Waals surface area contributed by atoms with Crippen molar-refractivity contribution in [1.29, 1.82) is 0 Å². The van der Waals surface area contributed by atoms with Crippen molar-refractivity contribution in [3.63, 3.8) is 0 Å². The molecule has 48 heavy (non-hydrogen) atoms. The molecule has 0 radical (unpaired) electrons. The molecule has 0 bridgehead atoms. The van der Waals surface area contributed by atoms with Gasteiger partial charge in [0.05, 0.1) is 29.6 Å². The van der Waals surface area contributed by atoms with E-state index in [1.165, 1.54) is 24.2 Å². The van der Waals surface area contributed by atoms with Crippen LogP contribution in [0.1, 0.15) is 95.6 Å². The number of aryl methyl sites for hydroxylation is 2. The molecule has 1 amide bonds. The second kappa shape index (κ2) is 19.6. The monoisotopic (exact) mass is 683 g/mol. The summed E-state index contributed by atoms with van der Waals surface area (Å²) in [4.78, 5) is 45.3. The number of benzene rings is 2. The lowest BCUT2D eigenvalue weighted by atomic mass is 10.0. The zero-order valence-corrected chi connectivity index (χ0v) is 29.9. The van der Waals surface area contributed by atoms with Crippen molar-refractivity contribution in [2.75, 3.05) is 55.7 Å². The lowest BCUT2D eigenvalue weighted by molar-refractivity contribution is -0.168. The van der Waals surface area contributed by atoms with Crippen LogP contribution >= 0.6 is 11.6 Å². The lowest BCUT2D eigenvalue weighted by Crippen LogP contribution is -2.50. The maximum absolute atomic E-state index is 13.2. The Labute approximate surface area is 291 Å². The van der Waals surface area contributed by atoms with Gasteiger partial charge in [-0.2, -0.15) is 0 Å². The van der Waals surface area contributed by atoms with Gasteiger partial charge in [-0.1, -0.05) is 75.2 Å². The van der Waals surface area contributed by atoms with Crippen molar-refractivity contribution in [3.8, 4) is 5.75 Å². The van der Waals surface area contributed by atoms with Gasteiger partial charge < -0.3 is 19.1 Å². The summed E-state index contributed by atoms with van der Waals surface area (Å²) in [7, 11) is 0. The summed E-state index contributed by atoms with van der Waals surface area (Å²) in [5.74, 6) is -0.935. The number of piperazine rings is 1. The maximum atomic E-state index is 13.2. The molecule has 4 rings (SSSR count). The predicted molar refractivity (Wildman–Crippen MR) is 191 cm³/mol. The number of ether oxygens (including phenoxy) is 3. The van der Waals surface area contributed by atoms with Crippen molar-refractivity contribution in [1.82, 2.24) is 4.90 Å². The van der Waals surface area contributed by atoms with Crippen molar-refractivity contribution in [2.24, 2.45) is 0 Å². The van der Waals surface area contributed by atoms with E-state index in [4.69, 9.17) is 25.8 Å². The molecule has 0 N–H and O–H groups in total. The molecule has 0 aromatic heterocycles. The number of hydrogen-bond donors (Lipinski definition) is 0. The van der Waals surface area contributed by atoms with E-state index in [2.05, 4.69) is 28.9 Å². The third kappa shape index (κ3) is 10.9. The van der Waals surface area contributed by atoms with Gasteiger partial charge in [-0.15, -0.1) is 0 Å². The molecule has 2 aliphatic heterocycles. The average molecular weight is 684 g/mol. The summed E-state index contributed by atoms with van der Waals surface area (Å²) in [6.07, 6.45) is 8.81. The van der Waals surface area contributed by atoms with Crippen LogP contribution in [0.2, 0.25) is 5.02 Å². The fourth-order valence-electron chi connectivity index (χ4n) is 6.37. The van der Waals surface area contributed by atoms with Crippen LogP contribution in [0, 0.1) is 6.92 Å². The molecular weight excluding hydrogens is 630 g/mol. The molecule has 1 atom stereocenters. The minimum atomic E-state index is -1.47. The van der Waals surface area contributed by atoms with Gasteiger partial charge in [-0.05, 0) is 69.3 Å². The van der Waals surface area contributed by atoms with Crippen LogP contribution in [0.4, 0.5) is 11.4 Å². The Kier molecular flexibility index (Phi) is 15.3. The molecule has 9 nitrogen and oxygen atoms in total. The Bertz CT molecular complexity index is 1350. The fraction of sp³-hybridized carbons (Fsp3) is 0.605. The zero-order chi connectivity index (χ0) is 34.3. The van der Waals surface area contributed by atoms with Crippen LogP contribution in [0.3, 0.4) is 0 Å². The normalized spacial score (nSPS) is 15.6. The molecule has 0 aliphatic carbocycles. The summed E-state index contributed by atoms with van der Waals surface area (Å²) in [5, 5.41) is 0.842. The summed E-state index contributed by atoms with van der Waals surface area (Å²) >= 11 is 6.56. The number of amides is 1. The number of anilines is 2. The first kappa shape index (κ1) is 37.5. The fourth-order valence-corrected chi connectivity index (χ4v) is 6.61. The SMILES string of the molecule is CCCCCCCCCC(=O)OC(C(=O)OCC)N1C(=O)CCc2ccc(OCCCCN3CCN(c4cccc(C)c4Cl)CC3)cc21. The smallest absolute Gasteiger partial charge is 0.369 e. The van der Waals surface area contributed by atoms with E-state index in [0.29, 0.717) is 30.9 Å². The molecule has 1 unspecified atom stereocenters. The van der Waals surface area contributed by atoms with Gasteiger partial charge in [0.15, 0.2) is 0 Å². The second-order valence-corrected chi connectivity index (χ2v) is 13.2. The second-order valence-electron chi connectivity index (χ2n) is 12.8. The zero-order valence-electron chi connectivity index (χ0n) is 29.1. The Morgan fingerprint density at radius 3 is 2.38 bits per heavy atom. The highest BCUT2D eigenvalue weighted by atomic mass is 35.5. The Balaban J connectivity index is 1.27. The van der Waals surface area contributed by atoms with Crippen LogP contribution in [0.5, 0.6) is 5.75 Å². The third-order valence-corrected chi connectivity index (χ3v) is 9.66. The van der Waals surface area contributed by atoms with Crippen LogP contribution in [0.25, 0.3) is 0 Å².